The van der Waals surface area contributed by atoms with Crippen LogP contribution in [0.15, 0.2) is 0 Å². The number of hydrogen-bond donors (Lipinski definition) is 1. The zero-order chi connectivity index (χ0) is 36.3. The third-order valence-corrected chi connectivity index (χ3v) is 5.14. The van der Waals surface area contributed by atoms with Gasteiger partial charge in [0.15, 0.2) is 0 Å². The summed E-state index contributed by atoms with van der Waals surface area (Å²) in [6.07, 6.45) is 0.396. The van der Waals surface area contributed by atoms with E-state index in [9.17, 15) is 39.4 Å². The number of aromatic nitrogens is 3. The molecule has 1 N–H and O–H groups in total. The van der Waals surface area contributed by atoms with Crippen molar-refractivity contribution in [3.63, 3.8) is 0 Å². The van der Waals surface area contributed by atoms with E-state index in [1.165, 1.54) is 83.1 Å². The van der Waals surface area contributed by atoms with E-state index in [0.717, 1.165) is 0 Å². The summed E-state index contributed by atoms with van der Waals surface area (Å²) >= 11 is 0. The maximum absolute atomic E-state index is 13.7. The van der Waals surface area contributed by atoms with Gasteiger partial charge in [-0.05, 0) is 89.5 Å². The molecule has 0 aliphatic heterocycles. The van der Waals surface area contributed by atoms with Crippen molar-refractivity contribution < 1.29 is 48.0 Å². The minimum Gasteiger partial charge on any atom is -0.454 e. The molecule has 0 amide bonds. The quantitative estimate of drug-likeness (QED) is 0.118. The summed E-state index contributed by atoms with van der Waals surface area (Å²) in [6.45, 7) is 18.1. The van der Waals surface area contributed by atoms with Crippen molar-refractivity contribution >= 4 is 29.8 Å². The Morgan fingerprint density at radius 1 is 0.587 bits per heavy atom. The minimum absolute atomic E-state index is 0.0531. The first-order chi connectivity index (χ1) is 20.5. The summed E-state index contributed by atoms with van der Waals surface area (Å²) in [5, 5.41) is 28.4. The standard InChI is InChI=1S/C28H44N6O12/c1-14-15-29-22-31-16(27(33(39)40,18(35)43-23(2,3)4)19(36)44-24(5,6)7)30-17(32-22)28(34(41)42,20(37)45-25(8,9)10)21(38)46-26(11,12)13/h14-15H2,1-13H3,(H,29,30,31,32). The van der Waals surface area contributed by atoms with Crippen molar-refractivity contribution in [3.8, 4) is 0 Å². The first kappa shape index (κ1) is 39.5. The third kappa shape index (κ3) is 9.26. The van der Waals surface area contributed by atoms with Crippen LogP contribution < -0.4 is 5.32 Å². The highest BCUT2D eigenvalue weighted by Gasteiger charge is 2.71. The fourth-order valence-electron chi connectivity index (χ4n) is 3.42. The molecule has 0 aliphatic rings. The van der Waals surface area contributed by atoms with Gasteiger partial charge < -0.3 is 24.3 Å². The number of nitrogens with zero attached hydrogens (tertiary/aromatic N) is 5. The lowest BCUT2D eigenvalue weighted by molar-refractivity contribution is -0.555. The highest BCUT2D eigenvalue weighted by Crippen LogP contribution is 2.35. The van der Waals surface area contributed by atoms with Crippen LogP contribution in [0.2, 0.25) is 0 Å². The molecule has 0 fully saturated rings. The summed E-state index contributed by atoms with van der Waals surface area (Å²) in [5.74, 6) is -10.6. The van der Waals surface area contributed by atoms with Crippen molar-refractivity contribution in [1.82, 2.24) is 15.0 Å². The van der Waals surface area contributed by atoms with Crippen LogP contribution in [0.3, 0.4) is 0 Å². The molecule has 1 rings (SSSR count). The lowest BCUT2D eigenvalue weighted by Gasteiger charge is -2.30. The number of rotatable bonds is 11. The molecule has 0 aromatic carbocycles. The number of anilines is 1. The van der Waals surface area contributed by atoms with Gasteiger partial charge in [-0.3, -0.25) is 20.2 Å². The lowest BCUT2D eigenvalue weighted by atomic mass is 9.95. The second-order valence-electron chi connectivity index (χ2n) is 14.2. The van der Waals surface area contributed by atoms with E-state index in [4.69, 9.17) is 18.9 Å². The average Bonchev–Trinajstić information content (AvgIpc) is 2.78. The monoisotopic (exact) mass is 656 g/mol. The van der Waals surface area contributed by atoms with Crippen molar-refractivity contribution in [3.05, 3.63) is 31.9 Å². The Morgan fingerprint density at radius 3 is 1.04 bits per heavy atom. The van der Waals surface area contributed by atoms with Gasteiger partial charge in [0.05, 0.1) is 9.85 Å². The summed E-state index contributed by atoms with van der Waals surface area (Å²) in [7, 11) is 0. The van der Waals surface area contributed by atoms with Crippen LogP contribution in [0.5, 0.6) is 0 Å². The Hall–Kier alpha value is -4.51. The number of nitro groups is 2. The van der Waals surface area contributed by atoms with Gasteiger partial charge in [0.1, 0.15) is 22.4 Å². The number of ether oxygens (including phenoxy) is 4. The zero-order valence-electron chi connectivity index (χ0n) is 28.5. The molecule has 0 saturated carbocycles. The molecule has 0 aliphatic carbocycles. The van der Waals surface area contributed by atoms with Crippen molar-refractivity contribution in [1.29, 1.82) is 0 Å². The van der Waals surface area contributed by atoms with Gasteiger partial charge in [-0.25, -0.2) is 24.2 Å². The number of nitrogens with one attached hydrogen (secondary N) is 1. The van der Waals surface area contributed by atoms with E-state index in [-0.39, 0.29) is 6.54 Å². The fourth-order valence-corrected chi connectivity index (χ4v) is 3.42. The lowest BCUT2D eigenvalue weighted by Crippen LogP contribution is -2.58. The highest BCUT2D eigenvalue weighted by atomic mass is 16.7. The Labute approximate surface area is 266 Å². The minimum atomic E-state index is -3.73. The molecule has 1 heterocycles. The molecule has 258 valence electrons. The Kier molecular flexibility index (Phi) is 11.6. The second kappa shape index (κ2) is 13.5. The molecule has 0 radical (unpaired) electrons. The van der Waals surface area contributed by atoms with Gasteiger partial charge in [-0.15, -0.1) is 0 Å². The predicted molar refractivity (Wildman–Crippen MR) is 159 cm³/mol. The van der Waals surface area contributed by atoms with Crippen LogP contribution in [-0.2, 0) is 49.2 Å². The summed E-state index contributed by atoms with van der Waals surface area (Å²) in [4.78, 5) is 89.5. The number of hydrogen-bond acceptors (Lipinski definition) is 16. The molecule has 18 nitrogen and oxygen atoms in total. The molecular formula is C28H44N6O12. The van der Waals surface area contributed by atoms with Crippen molar-refractivity contribution in [2.24, 2.45) is 0 Å². The largest absolute Gasteiger partial charge is 0.468 e. The maximum Gasteiger partial charge on any atom is 0.468 e. The van der Waals surface area contributed by atoms with E-state index in [2.05, 4.69) is 20.3 Å². The van der Waals surface area contributed by atoms with E-state index in [1.54, 1.807) is 6.92 Å². The fraction of sp³-hybridized carbons (Fsp3) is 0.750. The van der Waals surface area contributed by atoms with Crippen molar-refractivity contribution in [2.45, 2.75) is 130 Å². The van der Waals surface area contributed by atoms with Crippen LogP contribution in [0.25, 0.3) is 0 Å². The van der Waals surface area contributed by atoms with Gasteiger partial charge >= 0.3 is 35.0 Å². The molecule has 0 saturated heterocycles. The first-order valence-corrected chi connectivity index (χ1v) is 14.3. The molecular weight excluding hydrogens is 612 g/mol. The van der Waals surface area contributed by atoms with Crippen LogP contribution in [-0.4, -0.2) is 77.6 Å². The molecule has 0 spiro atoms. The summed E-state index contributed by atoms with van der Waals surface area (Å²) < 4.78 is 21.0. The Balaban J connectivity index is 4.57. The van der Waals surface area contributed by atoms with Gasteiger partial charge in [0, 0.05) is 6.54 Å². The topological polar surface area (TPSA) is 242 Å². The van der Waals surface area contributed by atoms with E-state index in [0.29, 0.717) is 6.42 Å². The Morgan fingerprint density at radius 2 is 0.848 bits per heavy atom. The molecule has 0 unspecified atom stereocenters. The van der Waals surface area contributed by atoms with E-state index < -0.39 is 84.8 Å². The number of esters is 4. The van der Waals surface area contributed by atoms with Crippen LogP contribution in [0, 0.1) is 20.2 Å². The average molecular weight is 657 g/mol. The molecule has 1 aromatic heterocycles. The Bertz CT molecular complexity index is 1210. The normalized spacial score (nSPS) is 12.9. The van der Waals surface area contributed by atoms with Gasteiger partial charge in [0.25, 0.3) is 0 Å². The van der Waals surface area contributed by atoms with Crippen LogP contribution in [0.1, 0.15) is 108 Å². The van der Waals surface area contributed by atoms with Gasteiger partial charge in [-0.2, -0.15) is 9.97 Å². The second-order valence-corrected chi connectivity index (χ2v) is 14.2. The SMILES string of the molecule is CCCNc1nc(C(C(=O)OC(C)(C)C)(C(=O)OC(C)(C)C)[N+](=O)[O-])nc(C(C(=O)OC(C)(C)C)(C(=O)OC(C)(C)C)[N+](=O)[O-])n1. The van der Waals surface area contributed by atoms with Crippen LogP contribution in [0.4, 0.5) is 5.95 Å². The maximum atomic E-state index is 13.7. The zero-order valence-corrected chi connectivity index (χ0v) is 28.5. The summed E-state index contributed by atoms with van der Waals surface area (Å²) in [5.41, 5.74) is -13.1. The molecule has 0 bridgehead atoms. The smallest absolute Gasteiger partial charge is 0.454 e. The predicted octanol–water partition coefficient (Wildman–Crippen LogP) is 3.00. The van der Waals surface area contributed by atoms with Gasteiger partial charge in [-0.1, -0.05) is 6.92 Å². The molecule has 1 aromatic rings. The van der Waals surface area contributed by atoms with E-state index >= 15 is 0 Å². The molecule has 18 heteroatoms. The number of carbonyl (C=O) groups excluding carboxylic acids is 4. The number of carbonyl (C=O) groups is 4. The third-order valence-electron chi connectivity index (χ3n) is 5.14. The van der Waals surface area contributed by atoms with E-state index in [1.807, 2.05) is 0 Å². The first-order valence-electron chi connectivity index (χ1n) is 14.3. The highest BCUT2D eigenvalue weighted by molar-refractivity contribution is 6.05. The summed E-state index contributed by atoms with van der Waals surface area (Å²) in [6, 6.07) is 0. The molecule has 46 heavy (non-hydrogen) atoms. The molecule has 0 atom stereocenters. The van der Waals surface area contributed by atoms with Crippen LogP contribution >= 0.6 is 0 Å². The van der Waals surface area contributed by atoms with Gasteiger partial charge in [0.2, 0.25) is 17.6 Å². The van der Waals surface area contributed by atoms with Crippen molar-refractivity contribution in [2.75, 3.05) is 11.9 Å².